The average molecular weight is 299 g/mol. The van der Waals surface area contributed by atoms with Crippen LogP contribution in [0, 0.1) is 13.8 Å². The van der Waals surface area contributed by atoms with Gasteiger partial charge in [-0.3, -0.25) is 4.68 Å². The summed E-state index contributed by atoms with van der Waals surface area (Å²) in [5, 5.41) is 8.32. The van der Waals surface area contributed by atoms with Crippen LogP contribution in [0.2, 0.25) is 0 Å². The Bertz CT molecular complexity index is 518. The van der Waals surface area contributed by atoms with E-state index in [0.717, 1.165) is 34.5 Å². The van der Waals surface area contributed by atoms with E-state index in [4.69, 9.17) is 4.52 Å². The summed E-state index contributed by atoms with van der Waals surface area (Å²) in [6.45, 7) is 6.58. The Balaban J connectivity index is 2.16. The molecule has 0 aliphatic rings. The Morgan fingerprint density at radius 1 is 1.35 bits per heavy atom. The van der Waals surface area contributed by atoms with Gasteiger partial charge in [0.05, 0.1) is 15.9 Å². The van der Waals surface area contributed by atoms with Crippen molar-refractivity contribution in [1.82, 2.24) is 19.9 Å². The maximum Gasteiger partial charge on any atom is 0.248 e. The van der Waals surface area contributed by atoms with E-state index in [9.17, 15) is 0 Å². The zero-order valence-electron chi connectivity index (χ0n) is 10.2. The van der Waals surface area contributed by atoms with Gasteiger partial charge < -0.3 is 4.52 Å². The second kappa shape index (κ2) is 5.00. The normalized spacial score (nSPS) is 11.1. The molecule has 0 saturated carbocycles. The molecule has 0 atom stereocenters. The van der Waals surface area contributed by atoms with Gasteiger partial charge in [-0.25, -0.2) is 0 Å². The van der Waals surface area contributed by atoms with E-state index in [0.29, 0.717) is 12.4 Å². The lowest BCUT2D eigenvalue weighted by Crippen LogP contribution is -2.04. The van der Waals surface area contributed by atoms with Crippen LogP contribution in [0.1, 0.15) is 36.4 Å². The van der Waals surface area contributed by atoms with Crippen molar-refractivity contribution in [2.24, 2.45) is 0 Å². The Morgan fingerprint density at radius 2 is 2.12 bits per heavy atom. The zero-order chi connectivity index (χ0) is 12.4. The molecular weight excluding hydrogens is 284 g/mol. The molecule has 2 aromatic heterocycles. The van der Waals surface area contributed by atoms with E-state index < -0.39 is 0 Å². The molecule has 92 valence electrons. The number of rotatable bonds is 4. The van der Waals surface area contributed by atoms with Crippen LogP contribution in [0.15, 0.2) is 9.00 Å². The molecule has 5 nitrogen and oxygen atoms in total. The Kier molecular flexibility index (Phi) is 3.61. The van der Waals surface area contributed by atoms with Gasteiger partial charge in [-0.15, -0.1) is 0 Å². The third kappa shape index (κ3) is 2.57. The number of aryl methyl sites for hydroxylation is 2. The van der Waals surface area contributed by atoms with E-state index >= 15 is 0 Å². The standard InChI is InChI=1S/C11H15BrN4O/c1-4-5-9-13-10(17-15-9)6-16-8(3)11(12)7(2)14-16/h4-6H2,1-3H3. The van der Waals surface area contributed by atoms with Crippen molar-refractivity contribution in [3.8, 4) is 0 Å². The summed E-state index contributed by atoms with van der Waals surface area (Å²) in [6, 6.07) is 0. The minimum Gasteiger partial charge on any atom is -0.337 e. The summed E-state index contributed by atoms with van der Waals surface area (Å²) in [5.74, 6) is 1.37. The molecule has 0 unspecified atom stereocenters. The predicted octanol–water partition coefficient (Wildman–Crippen LogP) is 2.65. The summed E-state index contributed by atoms with van der Waals surface area (Å²) in [4.78, 5) is 4.32. The lowest BCUT2D eigenvalue weighted by atomic mass is 10.3. The molecule has 0 radical (unpaired) electrons. The maximum atomic E-state index is 5.19. The minimum atomic E-state index is 0.523. The SMILES string of the molecule is CCCc1noc(Cn2nc(C)c(Br)c2C)n1. The van der Waals surface area contributed by atoms with Gasteiger partial charge in [0.2, 0.25) is 5.89 Å². The van der Waals surface area contributed by atoms with Gasteiger partial charge in [0, 0.05) is 6.42 Å². The molecule has 0 amide bonds. The average Bonchev–Trinajstić information content (AvgIpc) is 2.82. The Labute approximate surface area is 108 Å². The molecular formula is C11H15BrN4O. The van der Waals surface area contributed by atoms with E-state index in [2.05, 4.69) is 38.1 Å². The quantitative estimate of drug-likeness (QED) is 0.871. The van der Waals surface area contributed by atoms with Crippen LogP contribution < -0.4 is 0 Å². The molecule has 0 aliphatic carbocycles. The van der Waals surface area contributed by atoms with Gasteiger partial charge >= 0.3 is 0 Å². The monoisotopic (exact) mass is 298 g/mol. The number of halogens is 1. The van der Waals surface area contributed by atoms with Crippen LogP contribution in [-0.2, 0) is 13.0 Å². The highest BCUT2D eigenvalue weighted by Crippen LogP contribution is 2.20. The topological polar surface area (TPSA) is 56.7 Å². The highest BCUT2D eigenvalue weighted by atomic mass is 79.9. The smallest absolute Gasteiger partial charge is 0.248 e. The molecule has 0 N–H and O–H groups in total. The number of hydrogen-bond donors (Lipinski definition) is 0. The molecule has 6 heteroatoms. The molecule has 0 fully saturated rings. The van der Waals surface area contributed by atoms with Crippen LogP contribution in [0.4, 0.5) is 0 Å². The van der Waals surface area contributed by atoms with Gasteiger partial charge in [-0.1, -0.05) is 12.1 Å². The number of nitrogens with zero attached hydrogens (tertiary/aromatic N) is 4. The van der Waals surface area contributed by atoms with Crippen LogP contribution in [0.5, 0.6) is 0 Å². The summed E-state index contributed by atoms with van der Waals surface area (Å²) in [7, 11) is 0. The molecule has 0 aliphatic heterocycles. The fraction of sp³-hybridized carbons (Fsp3) is 0.545. The number of hydrogen-bond acceptors (Lipinski definition) is 4. The molecule has 17 heavy (non-hydrogen) atoms. The van der Waals surface area contributed by atoms with Gasteiger partial charge in [0.15, 0.2) is 5.82 Å². The molecule has 0 bridgehead atoms. The molecule has 2 heterocycles. The summed E-state index contributed by atoms with van der Waals surface area (Å²) in [6.07, 6.45) is 1.87. The molecule has 0 saturated heterocycles. The molecule has 0 spiro atoms. The van der Waals surface area contributed by atoms with Crippen molar-refractivity contribution in [2.45, 2.75) is 40.2 Å². The lowest BCUT2D eigenvalue weighted by Gasteiger charge is -1.98. The third-order valence-corrected chi connectivity index (χ3v) is 3.71. The third-order valence-electron chi connectivity index (χ3n) is 2.56. The molecule has 2 rings (SSSR count). The first-order valence-corrected chi connectivity index (χ1v) is 6.42. The van der Waals surface area contributed by atoms with Crippen molar-refractivity contribution >= 4 is 15.9 Å². The molecule has 0 aromatic carbocycles. The van der Waals surface area contributed by atoms with Crippen LogP contribution >= 0.6 is 15.9 Å². The second-order valence-corrected chi connectivity index (χ2v) is 4.79. The van der Waals surface area contributed by atoms with Crippen LogP contribution in [-0.4, -0.2) is 19.9 Å². The van der Waals surface area contributed by atoms with Gasteiger partial charge in [0.1, 0.15) is 6.54 Å². The highest BCUT2D eigenvalue weighted by Gasteiger charge is 2.12. The summed E-state index contributed by atoms with van der Waals surface area (Å²) in [5.41, 5.74) is 2.04. The van der Waals surface area contributed by atoms with E-state index in [1.165, 1.54) is 0 Å². The minimum absolute atomic E-state index is 0.523. The largest absolute Gasteiger partial charge is 0.337 e. The summed E-state index contributed by atoms with van der Waals surface area (Å²) >= 11 is 3.49. The first-order chi connectivity index (χ1) is 8.11. The van der Waals surface area contributed by atoms with Crippen molar-refractivity contribution in [3.05, 3.63) is 27.6 Å². The van der Waals surface area contributed by atoms with Crippen LogP contribution in [0.25, 0.3) is 0 Å². The lowest BCUT2D eigenvalue weighted by molar-refractivity contribution is 0.359. The highest BCUT2D eigenvalue weighted by molar-refractivity contribution is 9.10. The Morgan fingerprint density at radius 3 is 2.71 bits per heavy atom. The van der Waals surface area contributed by atoms with Crippen LogP contribution in [0.3, 0.4) is 0 Å². The second-order valence-electron chi connectivity index (χ2n) is 4.00. The van der Waals surface area contributed by atoms with Crippen molar-refractivity contribution in [2.75, 3.05) is 0 Å². The van der Waals surface area contributed by atoms with E-state index in [-0.39, 0.29) is 0 Å². The predicted molar refractivity (Wildman–Crippen MR) is 66.8 cm³/mol. The Hall–Kier alpha value is -1.17. The fourth-order valence-corrected chi connectivity index (χ4v) is 1.92. The molecule has 2 aromatic rings. The van der Waals surface area contributed by atoms with Crippen molar-refractivity contribution in [1.29, 1.82) is 0 Å². The first kappa shape index (κ1) is 12.3. The van der Waals surface area contributed by atoms with Crippen molar-refractivity contribution in [3.63, 3.8) is 0 Å². The maximum absolute atomic E-state index is 5.19. The first-order valence-electron chi connectivity index (χ1n) is 5.62. The zero-order valence-corrected chi connectivity index (χ0v) is 11.8. The summed E-state index contributed by atoms with van der Waals surface area (Å²) < 4.78 is 8.08. The van der Waals surface area contributed by atoms with Crippen molar-refractivity contribution < 1.29 is 4.52 Å². The fourth-order valence-electron chi connectivity index (χ4n) is 1.64. The van der Waals surface area contributed by atoms with E-state index in [1.54, 1.807) is 0 Å². The number of aromatic nitrogens is 4. The van der Waals surface area contributed by atoms with Gasteiger partial charge in [0.25, 0.3) is 0 Å². The van der Waals surface area contributed by atoms with Gasteiger partial charge in [-0.05, 0) is 36.2 Å². The van der Waals surface area contributed by atoms with Gasteiger partial charge in [-0.2, -0.15) is 10.1 Å². The van der Waals surface area contributed by atoms with E-state index in [1.807, 2.05) is 18.5 Å².